The Morgan fingerprint density at radius 2 is 1.65 bits per heavy atom. The van der Waals surface area contributed by atoms with Gasteiger partial charge in [-0.3, -0.25) is 9.10 Å². The molecule has 1 amide bonds. The van der Waals surface area contributed by atoms with Crippen LogP contribution in [-0.4, -0.2) is 40.1 Å². The van der Waals surface area contributed by atoms with E-state index in [1.807, 2.05) is 44.2 Å². The SMILES string of the molecule is Cc1ccc(S(=O)(=O)N2C[C@@H](C(=O)NCCOc3ccc(C(C)(C)C)cc3)Oc3ccc(C)cc32)cc1. The Labute approximate surface area is 219 Å². The Bertz CT molecular complexity index is 1360. The molecule has 0 saturated heterocycles. The molecule has 37 heavy (non-hydrogen) atoms. The molecule has 1 atom stereocenters. The van der Waals surface area contributed by atoms with E-state index in [0.29, 0.717) is 11.4 Å². The second-order valence-electron chi connectivity index (χ2n) is 10.3. The van der Waals surface area contributed by atoms with Crippen LogP contribution in [0.15, 0.2) is 71.6 Å². The number of benzene rings is 3. The van der Waals surface area contributed by atoms with E-state index in [1.165, 1.54) is 9.87 Å². The smallest absolute Gasteiger partial charge is 0.264 e. The summed E-state index contributed by atoms with van der Waals surface area (Å²) in [6.45, 7) is 10.6. The number of sulfonamides is 1. The highest BCUT2D eigenvalue weighted by Crippen LogP contribution is 2.37. The largest absolute Gasteiger partial charge is 0.492 e. The predicted octanol–water partition coefficient (Wildman–Crippen LogP) is 4.75. The van der Waals surface area contributed by atoms with Crippen LogP contribution in [0.5, 0.6) is 11.5 Å². The Morgan fingerprint density at radius 3 is 2.30 bits per heavy atom. The van der Waals surface area contributed by atoms with Gasteiger partial charge in [0.2, 0.25) is 0 Å². The average molecular weight is 523 g/mol. The first-order chi connectivity index (χ1) is 17.4. The number of fused-ring (bicyclic) bond motifs is 1. The molecule has 3 aromatic rings. The number of anilines is 1. The first kappa shape index (κ1) is 26.5. The lowest BCUT2D eigenvalue weighted by Gasteiger charge is -2.35. The number of ether oxygens (including phenoxy) is 2. The fraction of sp³-hybridized carbons (Fsp3) is 0.345. The van der Waals surface area contributed by atoms with Gasteiger partial charge >= 0.3 is 0 Å². The second-order valence-corrected chi connectivity index (χ2v) is 12.2. The van der Waals surface area contributed by atoms with Crippen LogP contribution in [0.1, 0.15) is 37.5 Å². The summed E-state index contributed by atoms with van der Waals surface area (Å²) in [7, 11) is -3.90. The average Bonchev–Trinajstić information content (AvgIpc) is 2.85. The number of hydrogen-bond donors (Lipinski definition) is 1. The molecule has 8 heteroatoms. The van der Waals surface area contributed by atoms with Crippen LogP contribution in [0.2, 0.25) is 0 Å². The number of aryl methyl sites for hydroxylation is 2. The standard InChI is InChI=1S/C29H34N2O5S/c1-20-6-13-24(14-7-20)37(33,34)31-19-27(36-26-15-8-21(2)18-25(26)31)28(32)30-16-17-35-23-11-9-22(10-12-23)29(3,4)5/h6-15,18,27H,16-17,19H2,1-5H3,(H,30,32)/t27-/m0/s1. The third kappa shape index (κ3) is 6.07. The van der Waals surface area contributed by atoms with Crippen LogP contribution in [0, 0.1) is 13.8 Å². The molecular formula is C29H34N2O5S. The molecule has 4 rings (SSSR count). The van der Waals surface area contributed by atoms with Crippen molar-refractivity contribution in [1.29, 1.82) is 0 Å². The monoisotopic (exact) mass is 522 g/mol. The summed E-state index contributed by atoms with van der Waals surface area (Å²) in [5.74, 6) is 0.667. The Hall–Kier alpha value is -3.52. The third-order valence-electron chi connectivity index (χ3n) is 6.28. The molecule has 196 valence electrons. The van der Waals surface area contributed by atoms with Crippen LogP contribution in [0.3, 0.4) is 0 Å². The van der Waals surface area contributed by atoms with Gasteiger partial charge < -0.3 is 14.8 Å². The molecule has 0 unspecified atom stereocenters. The molecule has 1 aliphatic rings. The Kier molecular flexibility index (Phi) is 7.50. The zero-order valence-electron chi connectivity index (χ0n) is 21.9. The van der Waals surface area contributed by atoms with Crippen molar-refractivity contribution in [1.82, 2.24) is 5.32 Å². The maximum Gasteiger partial charge on any atom is 0.264 e. The van der Waals surface area contributed by atoms with E-state index >= 15 is 0 Å². The van der Waals surface area contributed by atoms with Gasteiger partial charge in [-0.1, -0.05) is 56.7 Å². The van der Waals surface area contributed by atoms with E-state index in [9.17, 15) is 13.2 Å². The number of carbonyl (C=O) groups excluding carboxylic acids is 1. The minimum atomic E-state index is -3.90. The predicted molar refractivity (Wildman–Crippen MR) is 145 cm³/mol. The molecule has 0 aliphatic carbocycles. The number of hydrogen-bond acceptors (Lipinski definition) is 5. The summed E-state index contributed by atoms with van der Waals surface area (Å²) in [5, 5.41) is 2.81. The first-order valence-electron chi connectivity index (χ1n) is 12.3. The maximum absolute atomic E-state index is 13.6. The molecule has 0 spiro atoms. The highest BCUT2D eigenvalue weighted by Gasteiger charge is 2.37. The molecule has 1 aliphatic heterocycles. The molecule has 1 N–H and O–H groups in total. The Balaban J connectivity index is 1.43. The third-order valence-corrected chi connectivity index (χ3v) is 8.07. The zero-order valence-corrected chi connectivity index (χ0v) is 22.8. The van der Waals surface area contributed by atoms with Gasteiger partial charge in [0.15, 0.2) is 6.10 Å². The van der Waals surface area contributed by atoms with Crippen molar-refractivity contribution in [2.75, 3.05) is 24.0 Å². The summed E-state index contributed by atoms with van der Waals surface area (Å²) in [6.07, 6.45) is -0.999. The molecule has 1 heterocycles. The van der Waals surface area contributed by atoms with Gasteiger partial charge in [0.05, 0.1) is 23.7 Å². The highest BCUT2D eigenvalue weighted by atomic mass is 32.2. The van der Waals surface area contributed by atoms with Crippen molar-refractivity contribution >= 4 is 21.6 Å². The van der Waals surface area contributed by atoms with Gasteiger partial charge in [0.1, 0.15) is 18.1 Å². The normalized spacial score (nSPS) is 15.5. The molecule has 0 fully saturated rings. The minimum absolute atomic E-state index is 0.0602. The fourth-order valence-electron chi connectivity index (χ4n) is 4.07. The van der Waals surface area contributed by atoms with Crippen LogP contribution in [0.25, 0.3) is 0 Å². The van der Waals surface area contributed by atoms with Crippen molar-refractivity contribution < 1.29 is 22.7 Å². The van der Waals surface area contributed by atoms with Gasteiger partial charge in [0, 0.05) is 0 Å². The molecule has 3 aromatic carbocycles. The van der Waals surface area contributed by atoms with Crippen molar-refractivity contribution in [2.45, 2.75) is 51.0 Å². The van der Waals surface area contributed by atoms with E-state index in [4.69, 9.17) is 9.47 Å². The van der Waals surface area contributed by atoms with Gasteiger partial charge in [-0.2, -0.15) is 0 Å². The van der Waals surface area contributed by atoms with E-state index in [0.717, 1.165) is 16.9 Å². The Morgan fingerprint density at radius 1 is 1.00 bits per heavy atom. The van der Waals surface area contributed by atoms with Crippen molar-refractivity contribution in [3.05, 3.63) is 83.4 Å². The van der Waals surface area contributed by atoms with Crippen molar-refractivity contribution in [3.63, 3.8) is 0 Å². The first-order valence-corrected chi connectivity index (χ1v) is 13.8. The van der Waals surface area contributed by atoms with Crippen molar-refractivity contribution in [3.8, 4) is 11.5 Å². The van der Waals surface area contributed by atoms with E-state index < -0.39 is 22.0 Å². The topological polar surface area (TPSA) is 84.9 Å². The van der Waals surface area contributed by atoms with E-state index in [2.05, 4.69) is 26.1 Å². The van der Waals surface area contributed by atoms with Gasteiger partial charge in [0.25, 0.3) is 15.9 Å². The number of rotatable bonds is 7. The van der Waals surface area contributed by atoms with Gasteiger partial charge in [-0.25, -0.2) is 8.42 Å². The highest BCUT2D eigenvalue weighted by molar-refractivity contribution is 7.92. The lowest BCUT2D eigenvalue weighted by Crippen LogP contribution is -2.51. The van der Waals surface area contributed by atoms with Crippen LogP contribution >= 0.6 is 0 Å². The molecular weight excluding hydrogens is 488 g/mol. The van der Waals surface area contributed by atoms with Crippen molar-refractivity contribution in [2.24, 2.45) is 0 Å². The maximum atomic E-state index is 13.6. The van der Waals surface area contributed by atoms with Gasteiger partial charge in [-0.05, 0) is 66.8 Å². The van der Waals surface area contributed by atoms with Crippen LogP contribution in [-0.2, 0) is 20.2 Å². The number of nitrogens with one attached hydrogen (secondary N) is 1. The summed E-state index contributed by atoms with van der Waals surface area (Å²) in [6, 6.07) is 19.9. The van der Waals surface area contributed by atoms with Crippen LogP contribution < -0.4 is 19.1 Å². The number of amides is 1. The molecule has 0 bridgehead atoms. The fourth-order valence-corrected chi connectivity index (χ4v) is 5.54. The number of nitrogens with zero attached hydrogens (tertiary/aromatic N) is 1. The summed E-state index contributed by atoms with van der Waals surface area (Å²) in [5.41, 5.74) is 3.55. The summed E-state index contributed by atoms with van der Waals surface area (Å²) < 4.78 is 40.1. The van der Waals surface area contributed by atoms with E-state index in [1.54, 1.807) is 36.4 Å². The molecule has 0 aromatic heterocycles. The van der Waals surface area contributed by atoms with E-state index in [-0.39, 0.29) is 30.0 Å². The summed E-state index contributed by atoms with van der Waals surface area (Å²) >= 11 is 0. The molecule has 0 saturated carbocycles. The summed E-state index contributed by atoms with van der Waals surface area (Å²) in [4.78, 5) is 13.1. The van der Waals surface area contributed by atoms with Crippen LogP contribution in [0.4, 0.5) is 5.69 Å². The molecule has 0 radical (unpaired) electrons. The zero-order chi connectivity index (χ0) is 26.8. The minimum Gasteiger partial charge on any atom is -0.492 e. The lowest BCUT2D eigenvalue weighted by molar-refractivity contribution is -0.127. The second kappa shape index (κ2) is 10.5. The quantitative estimate of drug-likeness (QED) is 0.453. The lowest BCUT2D eigenvalue weighted by atomic mass is 9.87. The number of carbonyl (C=O) groups is 1. The van der Waals surface area contributed by atoms with Gasteiger partial charge in [-0.15, -0.1) is 0 Å². The molecule has 7 nitrogen and oxygen atoms in total.